The number of carboxylic acids is 1. The molecule has 0 aliphatic heterocycles. The molecule has 1 unspecified atom stereocenters. The predicted octanol–water partition coefficient (Wildman–Crippen LogP) is 0.0138. The number of aliphatic carboxylic acids is 1. The van der Waals surface area contributed by atoms with E-state index in [1.54, 1.807) is 38.2 Å². The molecule has 1 heterocycles. The van der Waals surface area contributed by atoms with Crippen LogP contribution in [0.1, 0.15) is 11.3 Å². The molecule has 0 fully saturated rings. The lowest BCUT2D eigenvalue weighted by Crippen LogP contribution is -2.39. The molecular weight excluding hydrogens is 298 g/mol. The molecule has 0 aliphatic rings. The van der Waals surface area contributed by atoms with Crippen LogP contribution < -0.4 is 17.0 Å². The van der Waals surface area contributed by atoms with E-state index in [0.717, 1.165) is 10.1 Å². The van der Waals surface area contributed by atoms with Crippen LogP contribution in [0.4, 0.5) is 0 Å². The average Bonchev–Trinajstić information content (AvgIpc) is 2.52. The summed E-state index contributed by atoms with van der Waals surface area (Å²) in [7, 11) is 3.05. The predicted molar refractivity (Wildman–Crippen MR) is 86.4 cm³/mol. The Hall–Kier alpha value is -2.67. The zero-order valence-corrected chi connectivity index (χ0v) is 13.2. The van der Waals surface area contributed by atoms with Gasteiger partial charge in [-0.05, 0) is 24.5 Å². The molecule has 7 heteroatoms. The number of hydrogen-bond donors (Lipinski definition) is 2. The van der Waals surface area contributed by atoms with Gasteiger partial charge in [0.05, 0.1) is 5.56 Å². The van der Waals surface area contributed by atoms with E-state index >= 15 is 0 Å². The highest BCUT2D eigenvalue weighted by atomic mass is 16.4. The second-order valence-corrected chi connectivity index (χ2v) is 5.51. The summed E-state index contributed by atoms with van der Waals surface area (Å²) in [6.45, 7) is 1.71. The summed E-state index contributed by atoms with van der Waals surface area (Å²) < 4.78 is 2.49. The Morgan fingerprint density at radius 2 is 1.74 bits per heavy atom. The molecule has 0 saturated heterocycles. The molecular formula is C16H19N3O4. The molecule has 0 spiro atoms. The summed E-state index contributed by atoms with van der Waals surface area (Å²) in [5.74, 6) is -1.06. The first kappa shape index (κ1) is 16.7. The Labute approximate surface area is 132 Å². The first-order valence-electron chi connectivity index (χ1n) is 7.08. The Morgan fingerprint density at radius 1 is 1.17 bits per heavy atom. The number of carbonyl (C=O) groups is 1. The SMILES string of the molecule is Cc1c(-c2ccc(CC(N)C(=O)O)cc2)c(=O)n(C)c(=O)n1C. The van der Waals surface area contributed by atoms with Crippen LogP contribution in [-0.2, 0) is 25.3 Å². The van der Waals surface area contributed by atoms with E-state index in [0.29, 0.717) is 16.8 Å². The average molecular weight is 317 g/mol. The molecule has 1 aromatic carbocycles. The second-order valence-electron chi connectivity index (χ2n) is 5.51. The van der Waals surface area contributed by atoms with Crippen molar-refractivity contribution in [3.05, 3.63) is 56.4 Å². The number of nitrogens with two attached hydrogens (primary N) is 1. The zero-order chi connectivity index (χ0) is 17.3. The minimum atomic E-state index is -1.06. The smallest absolute Gasteiger partial charge is 0.330 e. The van der Waals surface area contributed by atoms with Crippen molar-refractivity contribution >= 4 is 5.97 Å². The van der Waals surface area contributed by atoms with Gasteiger partial charge in [0.15, 0.2) is 0 Å². The van der Waals surface area contributed by atoms with Crippen molar-refractivity contribution < 1.29 is 9.90 Å². The van der Waals surface area contributed by atoms with E-state index in [4.69, 9.17) is 10.8 Å². The third-order valence-corrected chi connectivity index (χ3v) is 3.97. The van der Waals surface area contributed by atoms with Gasteiger partial charge < -0.3 is 15.4 Å². The maximum absolute atomic E-state index is 12.4. The van der Waals surface area contributed by atoms with Crippen molar-refractivity contribution in [2.45, 2.75) is 19.4 Å². The topological polar surface area (TPSA) is 107 Å². The summed E-state index contributed by atoms with van der Waals surface area (Å²) in [6, 6.07) is 5.98. The Bertz CT molecular complexity index is 863. The van der Waals surface area contributed by atoms with E-state index in [1.165, 1.54) is 11.6 Å². The minimum absolute atomic E-state index is 0.208. The first-order valence-corrected chi connectivity index (χ1v) is 7.08. The number of aromatic nitrogens is 2. The normalized spacial score (nSPS) is 12.2. The van der Waals surface area contributed by atoms with E-state index in [2.05, 4.69) is 0 Å². The molecule has 3 N–H and O–H groups in total. The van der Waals surface area contributed by atoms with Gasteiger partial charge in [-0.3, -0.25) is 14.2 Å². The standard InChI is InChI=1S/C16H19N3O4/c1-9-13(14(20)19(3)16(23)18(9)2)11-6-4-10(5-7-11)8-12(17)15(21)22/h4-7,12H,8,17H2,1-3H3,(H,21,22). The van der Waals surface area contributed by atoms with Crippen LogP contribution in [0.25, 0.3) is 11.1 Å². The summed E-state index contributed by atoms with van der Waals surface area (Å²) in [5, 5.41) is 8.83. The number of benzene rings is 1. The molecule has 0 saturated carbocycles. The molecule has 1 aromatic heterocycles. The van der Waals surface area contributed by atoms with Crippen molar-refractivity contribution in [3.8, 4) is 11.1 Å². The Morgan fingerprint density at radius 3 is 2.26 bits per heavy atom. The number of carboxylic acid groups (broad SMARTS) is 1. The fourth-order valence-electron chi connectivity index (χ4n) is 2.43. The first-order chi connectivity index (χ1) is 10.7. The van der Waals surface area contributed by atoms with Gasteiger partial charge in [0.1, 0.15) is 6.04 Å². The van der Waals surface area contributed by atoms with Gasteiger partial charge >= 0.3 is 11.7 Å². The quantitative estimate of drug-likeness (QED) is 0.826. The van der Waals surface area contributed by atoms with Crippen LogP contribution >= 0.6 is 0 Å². The molecule has 23 heavy (non-hydrogen) atoms. The summed E-state index contributed by atoms with van der Waals surface area (Å²) in [6.07, 6.45) is 0.208. The van der Waals surface area contributed by atoms with E-state index in [9.17, 15) is 14.4 Å². The highest BCUT2D eigenvalue weighted by Gasteiger charge is 2.15. The third kappa shape index (κ3) is 3.09. The van der Waals surface area contributed by atoms with E-state index in [1.807, 2.05) is 0 Å². The molecule has 2 aromatic rings. The van der Waals surface area contributed by atoms with Crippen molar-refractivity contribution in [1.29, 1.82) is 0 Å². The van der Waals surface area contributed by atoms with Gasteiger partial charge in [-0.15, -0.1) is 0 Å². The highest BCUT2D eigenvalue weighted by molar-refractivity contribution is 5.73. The van der Waals surface area contributed by atoms with Crippen LogP contribution in [0.3, 0.4) is 0 Å². The molecule has 0 bridgehead atoms. The lowest BCUT2D eigenvalue weighted by Gasteiger charge is -2.13. The van der Waals surface area contributed by atoms with Gasteiger partial charge in [-0.25, -0.2) is 4.79 Å². The second kappa shape index (κ2) is 6.21. The van der Waals surface area contributed by atoms with E-state index < -0.39 is 12.0 Å². The maximum Gasteiger partial charge on any atom is 0.330 e. The summed E-state index contributed by atoms with van der Waals surface area (Å²) in [5.41, 5.74) is 7.24. The molecule has 122 valence electrons. The third-order valence-electron chi connectivity index (χ3n) is 3.97. The van der Waals surface area contributed by atoms with Gasteiger partial charge in [0.2, 0.25) is 0 Å². The zero-order valence-electron chi connectivity index (χ0n) is 13.2. The van der Waals surface area contributed by atoms with Crippen LogP contribution in [0.5, 0.6) is 0 Å². The van der Waals surface area contributed by atoms with Gasteiger partial charge in [0, 0.05) is 19.8 Å². The van der Waals surface area contributed by atoms with Crippen LogP contribution in [0.15, 0.2) is 33.9 Å². The highest BCUT2D eigenvalue weighted by Crippen LogP contribution is 2.19. The lowest BCUT2D eigenvalue weighted by atomic mass is 10.0. The Kier molecular flexibility index (Phi) is 4.51. The molecule has 0 radical (unpaired) electrons. The fourth-order valence-corrected chi connectivity index (χ4v) is 2.43. The van der Waals surface area contributed by atoms with Crippen molar-refractivity contribution in [2.75, 3.05) is 0 Å². The monoisotopic (exact) mass is 317 g/mol. The molecule has 0 aliphatic carbocycles. The maximum atomic E-state index is 12.4. The van der Waals surface area contributed by atoms with Crippen molar-refractivity contribution in [2.24, 2.45) is 19.8 Å². The van der Waals surface area contributed by atoms with Crippen molar-refractivity contribution in [1.82, 2.24) is 9.13 Å². The summed E-state index contributed by atoms with van der Waals surface area (Å²) >= 11 is 0. The lowest BCUT2D eigenvalue weighted by molar-refractivity contribution is -0.138. The van der Waals surface area contributed by atoms with Crippen LogP contribution in [0, 0.1) is 6.92 Å². The van der Waals surface area contributed by atoms with Gasteiger partial charge in [-0.1, -0.05) is 24.3 Å². The Balaban J connectivity index is 2.47. The number of nitrogens with zero attached hydrogens (tertiary/aromatic N) is 2. The molecule has 1 atom stereocenters. The van der Waals surface area contributed by atoms with E-state index in [-0.39, 0.29) is 17.7 Å². The number of rotatable bonds is 4. The van der Waals surface area contributed by atoms with Gasteiger partial charge in [-0.2, -0.15) is 0 Å². The minimum Gasteiger partial charge on any atom is -0.480 e. The molecule has 7 nitrogen and oxygen atoms in total. The number of hydrogen-bond acceptors (Lipinski definition) is 4. The molecule has 0 amide bonds. The van der Waals surface area contributed by atoms with Gasteiger partial charge in [0.25, 0.3) is 5.56 Å². The van der Waals surface area contributed by atoms with Crippen LogP contribution in [0.2, 0.25) is 0 Å². The fraction of sp³-hybridized carbons (Fsp3) is 0.312. The summed E-state index contributed by atoms with van der Waals surface area (Å²) in [4.78, 5) is 35.0. The van der Waals surface area contributed by atoms with Crippen LogP contribution in [-0.4, -0.2) is 26.3 Å². The molecule has 2 rings (SSSR count). The van der Waals surface area contributed by atoms with Crippen molar-refractivity contribution in [3.63, 3.8) is 0 Å². The largest absolute Gasteiger partial charge is 0.480 e.